The number of imidazole rings is 1. The number of aryl methyl sites for hydroxylation is 1. The summed E-state index contributed by atoms with van der Waals surface area (Å²) in [5.41, 5.74) is 0.646. The first-order valence-electron chi connectivity index (χ1n) is 9.18. The van der Waals surface area contributed by atoms with Gasteiger partial charge in [-0.25, -0.2) is 4.98 Å². The van der Waals surface area contributed by atoms with E-state index in [0.29, 0.717) is 37.5 Å². The Morgan fingerprint density at radius 2 is 1.79 bits per heavy atom. The first-order valence-corrected chi connectivity index (χ1v) is 9.18. The number of piperazine rings is 1. The van der Waals surface area contributed by atoms with Crippen LogP contribution in [0.5, 0.6) is 5.75 Å². The highest BCUT2D eigenvalue weighted by atomic mass is 16.5. The van der Waals surface area contributed by atoms with Gasteiger partial charge in [0.2, 0.25) is 0 Å². The minimum Gasteiger partial charge on any atom is -0.497 e. The Hall–Kier alpha value is -3.42. The van der Waals surface area contributed by atoms with Gasteiger partial charge in [0.05, 0.1) is 7.11 Å². The van der Waals surface area contributed by atoms with Crippen LogP contribution in [-0.4, -0.2) is 63.8 Å². The molecule has 4 rings (SSSR count). The van der Waals surface area contributed by atoms with Crippen LogP contribution in [0, 0.1) is 6.92 Å². The van der Waals surface area contributed by atoms with E-state index in [4.69, 9.17) is 4.74 Å². The fourth-order valence-electron chi connectivity index (χ4n) is 3.31. The van der Waals surface area contributed by atoms with Gasteiger partial charge in [0, 0.05) is 44.1 Å². The van der Waals surface area contributed by atoms with Gasteiger partial charge in [0.25, 0.3) is 5.91 Å². The molecular weight excluding hydrogens is 356 g/mol. The molecule has 0 spiro atoms. The van der Waals surface area contributed by atoms with E-state index in [-0.39, 0.29) is 5.91 Å². The second-order valence-corrected chi connectivity index (χ2v) is 6.61. The van der Waals surface area contributed by atoms with Crippen molar-refractivity contribution in [1.82, 2.24) is 24.6 Å². The van der Waals surface area contributed by atoms with Gasteiger partial charge < -0.3 is 14.5 Å². The lowest BCUT2D eigenvalue weighted by Gasteiger charge is -2.35. The molecule has 0 unspecified atom stereocenters. The molecule has 0 saturated carbocycles. The number of nitrogens with zero attached hydrogens (tertiary/aromatic N) is 6. The first-order chi connectivity index (χ1) is 13.7. The molecule has 1 saturated heterocycles. The van der Waals surface area contributed by atoms with Crippen LogP contribution in [0.25, 0.3) is 5.82 Å². The molecule has 2 aromatic heterocycles. The van der Waals surface area contributed by atoms with Crippen LogP contribution in [0.15, 0.2) is 48.8 Å². The number of rotatable bonds is 4. The Bertz CT molecular complexity index is 961. The Labute approximate surface area is 163 Å². The van der Waals surface area contributed by atoms with E-state index < -0.39 is 0 Å². The summed E-state index contributed by atoms with van der Waals surface area (Å²) in [5, 5.41) is 8.67. The monoisotopic (exact) mass is 378 g/mol. The smallest absolute Gasteiger partial charge is 0.254 e. The fourth-order valence-corrected chi connectivity index (χ4v) is 3.31. The maximum atomic E-state index is 12.7. The zero-order chi connectivity index (χ0) is 19.5. The summed E-state index contributed by atoms with van der Waals surface area (Å²) in [7, 11) is 1.60. The maximum absolute atomic E-state index is 12.7. The lowest BCUT2D eigenvalue weighted by atomic mass is 10.1. The molecule has 3 aromatic rings. The molecule has 28 heavy (non-hydrogen) atoms. The van der Waals surface area contributed by atoms with Crippen molar-refractivity contribution in [2.24, 2.45) is 0 Å². The predicted molar refractivity (Wildman–Crippen MR) is 105 cm³/mol. The normalized spacial score (nSPS) is 14.2. The van der Waals surface area contributed by atoms with E-state index in [2.05, 4.69) is 20.1 Å². The van der Waals surface area contributed by atoms with Gasteiger partial charge >= 0.3 is 0 Å². The number of carbonyl (C=O) groups excluding carboxylic acids is 1. The van der Waals surface area contributed by atoms with E-state index in [9.17, 15) is 4.79 Å². The highest BCUT2D eigenvalue weighted by molar-refractivity contribution is 5.94. The van der Waals surface area contributed by atoms with Crippen LogP contribution in [0.3, 0.4) is 0 Å². The number of amides is 1. The molecule has 3 heterocycles. The summed E-state index contributed by atoms with van der Waals surface area (Å²) in [6, 6.07) is 11.2. The van der Waals surface area contributed by atoms with E-state index in [1.54, 1.807) is 19.4 Å². The molecule has 1 fully saturated rings. The van der Waals surface area contributed by atoms with Crippen molar-refractivity contribution in [1.29, 1.82) is 0 Å². The summed E-state index contributed by atoms with van der Waals surface area (Å²) in [6.07, 6.45) is 3.60. The average Bonchev–Trinajstić information content (AvgIpc) is 3.19. The Balaban J connectivity index is 1.40. The molecule has 0 aliphatic carbocycles. The molecule has 0 atom stereocenters. The molecule has 0 N–H and O–H groups in total. The third-order valence-electron chi connectivity index (χ3n) is 4.92. The Morgan fingerprint density at radius 3 is 2.43 bits per heavy atom. The van der Waals surface area contributed by atoms with Crippen LogP contribution < -0.4 is 9.64 Å². The van der Waals surface area contributed by atoms with Gasteiger partial charge in [0.15, 0.2) is 11.6 Å². The summed E-state index contributed by atoms with van der Waals surface area (Å²) >= 11 is 0. The first kappa shape index (κ1) is 18.0. The SMILES string of the molecule is COc1cccc(C(=O)N2CCN(c3ccc(-n4ccnc4C)nn3)CC2)c1. The number of hydrogen-bond donors (Lipinski definition) is 0. The van der Waals surface area contributed by atoms with Gasteiger partial charge in [-0.2, -0.15) is 0 Å². The summed E-state index contributed by atoms with van der Waals surface area (Å²) in [6.45, 7) is 4.63. The quantitative estimate of drug-likeness (QED) is 0.691. The van der Waals surface area contributed by atoms with Gasteiger partial charge in [-0.15, -0.1) is 10.2 Å². The highest BCUT2D eigenvalue weighted by Crippen LogP contribution is 2.18. The minimum atomic E-state index is 0.0237. The zero-order valence-corrected chi connectivity index (χ0v) is 15.9. The van der Waals surface area contributed by atoms with Gasteiger partial charge in [-0.3, -0.25) is 9.36 Å². The minimum absolute atomic E-state index is 0.0237. The number of methoxy groups -OCH3 is 1. The van der Waals surface area contributed by atoms with Crippen LogP contribution in [-0.2, 0) is 0 Å². The van der Waals surface area contributed by atoms with Crippen LogP contribution in [0.4, 0.5) is 5.82 Å². The third-order valence-corrected chi connectivity index (χ3v) is 4.92. The van der Waals surface area contributed by atoms with E-state index >= 15 is 0 Å². The highest BCUT2D eigenvalue weighted by Gasteiger charge is 2.23. The van der Waals surface area contributed by atoms with E-state index in [0.717, 1.165) is 17.5 Å². The maximum Gasteiger partial charge on any atom is 0.254 e. The van der Waals surface area contributed by atoms with Crippen LogP contribution in [0.1, 0.15) is 16.2 Å². The molecule has 1 aromatic carbocycles. The number of ether oxygens (including phenoxy) is 1. The zero-order valence-electron chi connectivity index (χ0n) is 15.9. The summed E-state index contributed by atoms with van der Waals surface area (Å²) < 4.78 is 7.10. The molecule has 8 heteroatoms. The van der Waals surface area contributed by atoms with Gasteiger partial charge in [0.1, 0.15) is 11.6 Å². The molecule has 1 aliphatic heterocycles. The second-order valence-electron chi connectivity index (χ2n) is 6.61. The number of benzene rings is 1. The lowest BCUT2D eigenvalue weighted by molar-refractivity contribution is 0.0746. The summed E-state index contributed by atoms with van der Waals surface area (Å²) in [4.78, 5) is 20.9. The Kier molecular flexibility index (Phi) is 4.92. The van der Waals surface area contributed by atoms with Crippen molar-refractivity contribution in [3.05, 3.63) is 60.2 Å². The van der Waals surface area contributed by atoms with E-state index in [1.165, 1.54) is 0 Å². The molecule has 1 amide bonds. The molecule has 0 bridgehead atoms. The second kappa shape index (κ2) is 7.67. The van der Waals surface area contributed by atoms with Gasteiger partial charge in [-0.1, -0.05) is 6.07 Å². The molecule has 144 valence electrons. The number of anilines is 1. The largest absolute Gasteiger partial charge is 0.497 e. The van der Waals surface area contributed by atoms with Crippen molar-refractivity contribution in [2.45, 2.75) is 6.92 Å². The Morgan fingerprint density at radius 1 is 1.04 bits per heavy atom. The average molecular weight is 378 g/mol. The van der Waals surface area contributed by atoms with Crippen LogP contribution >= 0.6 is 0 Å². The summed E-state index contributed by atoms with van der Waals surface area (Å²) in [5.74, 6) is 3.14. The molecule has 1 aliphatic rings. The van der Waals surface area contributed by atoms with Crippen molar-refractivity contribution in [3.8, 4) is 11.6 Å². The van der Waals surface area contributed by atoms with E-state index in [1.807, 2.05) is 52.9 Å². The molecule has 0 radical (unpaired) electrons. The van der Waals surface area contributed by atoms with Crippen molar-refractivity contribution >= 4 is 11.7 Å². The standard InChI is InChI=1S/C20H22N6O2/c1-15-21-8-9-26(15)19-7-6-18(22-23-19)24-10-12-25(13-11-24)20(27)16-4-3-5-17(14-16)28-2/h3-9,14H,10-13H2,1-2H3. The lowest BCUT2D eigenvalue weighted by Crippen LogP contribution is -2.49. The van der Waals surface area contributed by atoms with Crippen molar-refractivity contribution in [2.75, 3.05) is 38.2 Å². The van der Waals surface area contributed by atoms with Crippen LogP contribution in [0.2, 0.25) is 0 Å². The molecular formula is C20H22N6O2. The number of hydrogen-bond acceptors (Lipinski definition) is 6. The van der Waals surface area contributed by atoms with Crippen molar-refractivity contribution in [3.63, 3.8) is 0 Å². The fraction of sp³-hybridized carbons (Fsp3) is 0.300. The van der Waals surface area contributed by atoms with Gasteiger partial charge in [-0.05, 0) is 37.3 Å². The predicted octanol–water partition coefficient (Wildman–Crippen LogP) is 1.94. The van der Waals surface area contributed by atoms with Crippen molar-refractivity contribution < 1.29 is 9.53 Å². The number of aromatic nitrogens is 4. The molecule has 8 nitrogen and oxygen atoms in total. The topological polar surface area (TPSA) is 76.4 Å². The third kappa shape index (κ3) is 3.53. The number of carbonyl (C=O) groups is 1.